The number of carbonyl (C=O) groups excluding carboxylic acids is 1. The van der Waals surface area contributed by atoms with Gasteiger partial charge >= 0.3 is 0 Å². The van der Waals surface area contributed by atoms with Crippen LogP contribution in [0.4, 0.5) is 4.39 Å². The lowest BCUT2D eigenvalue weighted by molar-refractivity contribution is -0.124. The summed E-state index contributed by atoms with van der Waals surface area (Å²) < 4.78 is 13.2. The lowest BCUT2D eigenvalue weighted by Gasteiger charge is -2.23. The van der Waals surface area contributed by atoms with E-state index >= 15 is 0 Å². The molecular formula is C15H20FN3O. The smallest absolute Gasteiger partial charge is 0.237 e. The number of carbonyl (C=O) groups is 1. The van der Waals surface area contributed by atoms with Gasteiger partial charge in [-0.1, -0.05) is 0 Å². The van der Waals surface area contributed by atoms with Crippen LogP contribution in [-0.2, 0) is 11.3 Å². The Balaban J connectivity index is 2.66. The molecular weight excluding hydrogens is 257 g/mol. The first-order valence-electron chi connectivity index (χ1n) is 6.47. The van der Waals surface area contributed by atoms with Gasteiger partial charge in [0.05, 0.1) is 17.7 Å². The molecule has 0 aliphatic carbocycles. The summed E-state index contributed by atoms with van der Waals surface area (Å²) in [6.45, 7) is 7.69. The molecule has 1 amide bonds. The van der Waals surface area contributed by atoms with Crippen molar-refractivity contribution in [3.05, 3.63) is 35.1 Å². The van der Waals surface area contributed by atoms with Gasteiger partial charge in [-0.3, -0.25) is 4.79 Å². The largest absolute Gasteiger partial charge is 0.350 e. The second kappa shape index (κ2) is 6.49. The Morgan fingerprint density at radius 3 is 2.65 bits per heavy atom. The van der Waals surface area contributed by atoms with E-state index in [0.717, 1.165) is 0 Å². The number of rotatable bonds is 4. The standard InChI is InChI=1S/C15H20FN3O/c1-10(14(20)19-15(2,3)4)18-9-12-7-13(16)6-5-11(12)8-17/h5-7,10,18H,9H2,1-4H3,(H,19,20). The summed E-state index contributed by atoms with van der Waals surface area (Å²) in [6.07, 6.45) is 0. The zero-order chi connectivity index (χ0) is 15.3. The quantitative estimate of drug-likeness (QED) is 0.885. The third kappa shape index (κ3) is 4.98. The molecule has 1 aromatic carbocycles. The van der Waals surface area contributed by atoms with Crippen LogP contribution in [0.2, 0.25) is 0 Å². The minimum atomic E-state index is -0.427. The van der Waals surface area contributed by atoms with Gasteiger partial charge in [-0.15, -0.1) is 0 Å². The molecule has 4 nitrogen and oxygen atoms in total. The van der Waals surface area contributed by atoms with Gasteiger partial charge < -0.3 is 10.6 Å². The summed E-state index contributed by atoms with van der Waals surface area (Å²) in [5.41, 5.74) is 0.647. The molecule has 0 heterocycles. The van der Waals surface area contributed by atoms with Crippen LogP contribution in [0.15, 0.2) is 18.2 Å². The SMILES string of the molecule is CC(NCc1cc(F)ccc1C#N)C(=O)NC(C)(C)C. The summed E-state index contributed by atoms with van der Waals surface area (Å²) in [6, 6.07) is 5.57. The van der Waals surface area contributed by atoms with E-state index in [0.29, 0.717) is 11.1 Å². The first-order valence-corrected chi connectivity index (χ1v) is 6.47. The van der Waals surface area contributed by atoms with Crippen molar-refractivity contribution in [3.63, 3.8) is 0 Å². The maximum Gasteiger partial charge on any atom is 0.237 e. The molecule has 1 atom stereocenters. The molecule has 0 aromatic heterocycles. The maximum atomic E-state index is 13.2. The van der Waals surface area contributed by atoms with Gasteiger partial charge in [-0.05, 0) is 51.5 Å². The Morgan fingerprint density at radius 1 is 1.45 bits per heavy atom. The van der Waals surface area contributed by atoms with E-state index in [4.69, 9.17) is 5.26 Å². The van der Waals surface area contributed by atoms with E-state index < -0.39 is 11.9 Å². The van der Waals surface area contributed by atoms with Crippen molar-refractivity contribution in [2.24, 2.45) is 0 Å². The molecule has 0 spiro atoms. The number of hydrogen-bond donors (Lipinski definition) is 2. The normalized spacial score (nSPS) is 12.6. The van der Waals surface area contributed by atoms with Crippen LogP contribution in [-0.4, -0.2) is 17.5 Å². The Labute approximate surface area is 119 Å². The highest BCUT2D eigenvalue weighted by atomic mass is 19.1. The summed E-state index contributed by atoms with van der Waals surface area (Å²) >= 11 is 0. The molecule has 0 saturated heterocycles. The number of amides is 1. The van der Waals surface area contributed by atoms with Gasteiger partial charge in [0, 0.05) is 12.1 Å². The molecule has 0 saturated carbocycles. The first-order chi connectivity index (χ1) is 9.23. The highest BCUT2D eigenvalue weighted by Crippen LogP contribution is 2.10. The van der Waals surface area contributed by atoms with Crippen LogP contribution in [0, 0.1) is 17.1 Å². The highest BCUT2D eigenvalue weighted by molar-refractivity contribution is 5.81. The number of nitrogens with zero attached hydrogens (tertiary/aromatic N) is 1. The van der Waals surface area contributed by atoms with Crippen LogP contribution in [0.5, 0.6) is 0 Å². The predicted molar refractivity (Wildman–Crippen MR) is 75.3 cm³/mol. The molecule has 108 valence electrons. The van der Waals surface area contributed by atoms with Gasteiger partial charge in [-0.2, -0.15) is 5.26 Å². The molecule has 0 aliphatic heterocycles. The summed E-state index contributed by atoms with van der Waals surface area (Å²) in [5.74, 6) is -0.528. The fourth-order valence-corrected chi connectivity index (χ4v) is 1.65. The van der Waals surface area contributed by atoms with Crippen LogP contribution in [0.25, 0.3) is 0 Å². The number of nitrogens with one attached hydrogen (secondary N) is 2. The predicted octanol–water partition coefficient (Wildman–Crippen LogP) is 2.09. The van der Waals surface area contributed by atoms with Crippen molar-refractivity contribution in [2.45, 2.75) is 45.8 Å². The average molecular weight is 277 g/mol. The van der Waals surface area contributed by atoms with E-state index in [9.17, 15) is 9.18 Å². The van der Waals surface area contributed by atoms with Crippen LogP contribution < -0.4 is 10.6 Å². The fraction of sp³-hybridized carbons (Fsp3) is 0.467. The molecule has 0 bridgehead atoms. The van der Waals surface area contributed by atoms with Crippen molar-refractivity contribution < 1.29 is 9.18 Å². The fourth-order valence-electron chi connectivity index (χ4n) is 1.65. The van der Waals surface area contributed by atoms with E-state index in [-0.39, 0.29) is 18.0 Å². The molecule has 1 aromatic rings. The van der Waals surface area contributed by atoms with Crippen LogP contribution in [0.1, 0.15) is 38.8 Å². The van der Waals surface area contributed by atoms with E-state index in [1.54, 1.807) is 6.92 Å². The summed E-state index contributed by atoms with van der Waals surface area (Å²) in [4.78, 5) is 11.9. The Kier molecular flexibility index (Phi) is 5.23. The molecule has 1 unspecified atom stereocenters. The highest BCUT2D eigenvalue weighted by Gasteiger charge is 2.19. The number of nitriles is 1. The molecule has 2 N–H and O–H groups in total. The van der Waals surface area contributed by atoms with Gasteiger partial charge in [0.15, 0.2) is 0 Å². The topological polar surface area (TPSA) is 64.9 Å². The Hall–Kier alpha value is -1.93. The van der Waals surface area contributed by atoms with E-state index in [1.807, 2.05) is 26.8 Å². The second-order valence-electron chi connectivity index (χ2n) is 5.76. The molecule has 5 heteroatoms. The number of benzene rings is 1. The first kappa shape index (κ1) is 16.1. The van der Waals surface area contributed by atoms with Gasteiger partial charge in [0.2, 0.25) is 5.91 Å². The average Bonchev–Trinajstić information content (AvgIpc) is 2.34. The zero-order valence-electron chi connectivity index (χ0n) is 12.2. The lowest BCUT2D eigenvalue weighted by Crippen LogP contribution is -2.49. The third-order valence-corrected chi connectivity index (χ3v) is 2.68. The molecule has 0 fully saturated rings. The summed E-state index contributed by atoms with van der Waals surface area (Å²) in [5, 5.41) is 14.8. The summed E-state index contributed by atoms with van der Waals surface area (Å²) in [7, 11) is 0. The third-order valence-electron chi connectivity index (χ3n) is 2.68. The van der Waals surface area contributed by atoms with Crippen molar-refractivity contribution in [1.82, 2.24) is 10.6 Å². The molecule has 1 rings (SSSR count). The van der Waals surface area contributed by atoms with E-state index in [2.05, 4.69) is 10.6 Å². The monoisotopic (exact) mass is 277 g/mol. The minimum absolute atomic E-state index is 0.132. The number of hydrogen-bond acceptors (Lipinski definition) is 3. The second-order valence-corrected chi connectivity index (χ2v) is 5.76. The van der Waals surface area contributed by atoms with Crippen molar-refractivity contribution in [1.29, 1.82) is 5.26 Å². The van der Waals surface area contributed by atoms with Gasteiger partial charge in [0.25, 0.3) is 0 Å². The Morgan fingerprint density at radius 2 is 2.10 bits per heavy atom. The maximum absolute atomic E-state index is 13.2. The molecule has 0 radical (unpaired) electrons. The van der Waals surface area contributed by atoms with Crippen molar-refractivity contribution >= 4 is 5.91 Å². The Bertz CT molecular complexity index is 529. The van der Waals surface area contributed by atoms with Crippen molar-refractivity contribution in [3.8, 4) is 6.07 Å². The number of halogens is 1. The molecule has 20 heavy (non-hydrogen) atoms. The van der Waals surface area contributed by atoms with Crippen molar-refractivity contribution in [2.75, 3.05) is 0 Å². The van der Waals surface area contributed by atoms with Crippen LogP contribution >= 0.6 is 0 Å². The minimum Gasteiger partial charge on any atom is -0.350 e. The lowest BCUT2D eigenvalue weighted by atomic mass is 10.1. The molecule has 0 aliphatic rings. The van der Waals surface area contributed by atoms with Gasteiger partial charge in [-0.25, -0.2) is 4.39 Å². The zero-order valence-corrected chi connectivity index (χ0v) is 12.2. The van der Waals surface area contributed by atoms with Crippen LogP contribution in [0.3, 0.4) is 0 Å². The van der Waals surface area contributed by atoms with Gasteiger partial charge in [0.1, 0.15) is 5.82 Å². The van der Waals surface area contributed by atoms with E-state index in [1.165, 1.54) is 18.2 Å².